The van der Waals surface area contributed by atoms with Gasteiger partial charge in [-0.15, -0.1) is 0 Å². The molecule has 0 aliphatic heterocycles. The van der Waals surface area contributed by atoms with Gasteiger partial charge in [-0.1, -0.05) is 0 Å². The fourth-order valence-corrected chi connectivity index (χ4v) is 2.96. The van der Waals surface area contributed by atoms with E-state index in [1.807, 2.05) is 6.07 Å². The second kappa shape index (κ2) is 9.23. The largest absolute Gasteiger partial charge is 0.493 e. The minimum absolute atomic E-state index is 0.0507. The van der Waals surface area contributed by atoms with Crippen LogP contribution in [0.2, 0.25) is 0 Å². The second-order valence-corrected chi connectivity index (χ2v) is 6.60. The SMILES string of the molecule is COc1ccc(-c2nc(CC(=O)CC(=O)CCc3ccco3)c(C)o2)cc1OC. The minimum Gasteiger partial charge on any atom is -0.493 e. The number of oxazole rings is 1. The highest BCUT2D eigenvalue weighted by atomic mass is 16.5. The lowest BCUT2D eigenvalue weighted by Gasteiger charge is -2.07. The number of rotatable bonds is 10. The molecule has 0 aliphatic rings. The van der Waals surface area contributed by atoms with Crippen LogP contribution in [0.15, 0.2) is 45.4 Å². The summed E-state index contributed by atoms with van der Waals surface area (Å²) in [4.78, 5) is 28.8. The molecular weight excluding hydrogens is 374 g/mol. The van der Waals surface area contributed by atoms with Gasteiger partial charge in [-0.05, 0) is 37.3 Å². The molecular formula is C22H23NO6. The van der Waals surface area contributed by atoms with Crippen molar-refractivity contribution in [1.29, 1.82) is 0 Å². The lowest BCUT2D eigenvalue weighted by Crippen LogP contribution is -2.11. The quantitative estimate of drug-likeness (QED) is 0.478. The zero-order chi connectivity index (χ0) is 20.8. The highest BCUT2D eigenvalue weighted by Gasteiger charge is 2.18. The van der Waals surface area contributed by atoms with Crippen molar-refractivity contribution in [2.24, 2.45) is 0 Å². The number of ketones is 2. The fraction of sp³-hybridized carbons (Fsp3) is 0.318. The van der Waals surface area contributed by atoms with E-state index in [2.05, 4.69) is 4.98 Å². The van der Waals surface area contributed by atoms with Crippen molar-refractivity contribution in [2.45, 2.75) is 32.6 Å². The Hall–Kier alpha value is -3.35. The van der Waals surface area contributed by atoms with Gasteiger partial charge in [0.1, 0.15) is 23.1 Å². The van der Waals surface area contributed by atoms with Crippen molar-refractivity contribution in [3.63, 3.8) is 0 Å². The topological polar surface area (TPSA) is 91.8 Å². The molecule has 0 saturated heterocycles. The third kappa shape index (κ3) is 5.13. The maximum Gasteiger partial charge on any atom is 0.226 e. The van der Waals surface area contributed by atoms with Crippen LogP contribution in [0.4, 0.5) is 0 Å². The summed E-state index contributed by atoms with van der Waals surface area (Å²) < 4.78 is 21.5. The van der Waals surface area contributed by atoms with Crippen LogP contribution in [-0.4, -0.2) is 30.8 Å². The molecule has 0 unspecified atom stereocenters. The van der Waals surface area contributed by atoms with Crippen LogP contribution in [0.5, 0.6) is 11.5 Å². The van der Waals surface area contributed by atoms with E-state index in [1.54, 1.807) is 51.7 Å². The summed E-state index contributed by atoms with van der Waals surface area (Å²) in [6, 6.07) is 8.90. The van der Waals surface area contributed by atoms with Crippen LogP contribution in [0.25, 0.3) is 11.5 Å². The first-order valence-electron chi connectivity index (χ1n) is 9.24. The van der Waals surface area contributed by atoms with Crippen molar-refractivity contribution in [1.82, 2.24) is 4.98 Å². The number of furan rings is 1. The molecule has 0 N–H and O–H groups in total. The molecule has 0 spiro atoms. The summed E-state index contributed by atoms with van der Waals surface area (Å²) in [5.74, 6) is 2.51. The van der Waals surface area contributed by atoms with Crippen molar-refractivity contribution >= 4 is 11.6 Å². The maximum atomic E-state index is 12.3. The highest BCUT2D eigenvalue weighted by Crippen LogP contribution is 2.32. The normalized spacial score (nSPS) is 10.7. The van der Waals surface area contributed by atoms with E-state index in [0.29, 0.717) is 40.8 Å². The molecule has 3 aromatic rings. The molecule has 0 bridgehead atoms. The van der Waals surface area contributed by atoms with Gasteiger partial charge < -0.3 is 18.3 Å². The Labute approximate surface area is 168 Å². The van der Waals surface area contributed by atoms with Crippen molar-refractivity contribution in [3.05, 3.63) is 53.8 Å². The molecule has 29 heavy (non-hydrogen) atoms. The average Bonchev–Trinajstić information content (AvgIpc) is 3.36. The predicted molar refractivity (Wildman–Crippen MR) is 105 cm³/mol. The summed E-state index contributed by atoms with van der Waals surface area (Å²) in [5, 5.41) is 0. The number of carbonyl (C=O) groups excluding carboxylic acids is 2. The van der Waals surface area contributed by atoms with E-state index in [-0.39, 0.29) is 30.8 Å². The first-order chi connectivity index (χ1) is 14.0. The van der Waals surface area contributed by atoms with Gasteiger partial charge in [0.2, 0.25) is 5.89 Å². The molecule has 2 heterocycles. The minimum atomic E-state index is -0.190. The molecule has 152 valence electrons. The third-order valence-corrected chi connectivity index (χ3v) is 4.51. The number of carbonyl (C=O) groups is 2. The Morgan fingerprint density at radius 3 is 2.55 bits per heavy atom. The van der Waals surface area contributed by atoms with E-state index in [0.717, 1.165) is 5.76 Å². The van der Waals surface area contributed by atoms with Gasteiger partial charge in [0.15, 0.2) is 11.5 Å². The molecule has 0 amide bonds. The number of ether oxygens (including phenoxy) is 2. The monoisotopic (exact) mass is 397 g/mol. The van der Waals surface area contributed by atoms with Crippen LogP contribution in [0, 0.1) is 6.92 Å². The molecule has 3 rings (SSSR count). The fourth-order valence-electron chi connectivity index (χ4n) is 2.96. The number of aryl methyl sites for hydroxylation is 2. The summed E-state index contributed by atoms with van der Waals surface area (Å²) in [6.07, 6.45) is 2.25. The zero-order valence-electron chi connectivity index (χ0n) is 16.7. The molecule has 7 nitrogen and oxygen atoms in total. The smallest absolute Gasteiger partial charge is 0.226 e. The number of nitrogens with zero attached hydrogens (tertiary/aromatic N) is 1. The molecule has 0 atom stereocenters. The van der Waals surface area contributed by atoms with Crippen LogP contribution in [0.1, 0.15) is 30.1 Å². The molecule has 2 aromatic heterocycles. The standard InChI is InChI=1S/C22H23NO6/c1-14-19(13-17(25)12-16(24)7-8-18-5-4-10-28-18)23-22(29-14)15-6-9-20(26-2)21(11-15)27-3/h4-6,9-11H,7-8,12-13H2,1-3H3. The van der Waals surface area contributed by atoms with E-state index in [9.17, 15) is 9.59 Å². The van der Waals surface area contributed by atoms with Gasteiger partial charge in [0.25, 0.3) is 0 Å². The van der Waals surface area contributed by atoms with E-state index in [4.69, 9.17) is 18.3 Å². The molecule has 0 fully saturated rings. The van der Waals surface area contributed by atoms with Crippen molar-refractivity contribution in [3.8, 4) is 23.0 Å². The van der Waals surface area contributed by atoms with Crippen LogP contribution in [-0.2, 0) is 22.4 Å². The summed E-state index contributed by atoms with van der Waals surface area (Å²) >= 11 is 0. The molecule has 0 radical (unpaired) electrons. The lowest BCUT2D eigenvalue weighted by atomic mass is 10.1. The molecule has 7 heteroatoms. The lowest BCUT2D eigenvalue weighted by molar-refractivity contribution is -0.126. The Morgan fingerprint density at radius 2 is 1.86 bits per heavy atom. The summed E-state index contributed by atoms with van der Waals surface area (Å²) in [7, 11) is 3.11. The van der Waals surface area contributed by atoms with Gasteiger partial charge in [-0.2, -0.15) is 0 Å². The number of hydrogen-bond acceptors (Lipinski definition) is 7. The number of benzene rings is 1. The Balaban J connectivity index is 1.62. The van der Waals surface area contributed by atoms with Gasteiger partial charge >= 0.3 is 0 Å². The van der Waals surface area contributed by atoms with E-state index in [1.165, 1.54) is 0 Å². The van der Waals surface area contributed by atoms with E-state index >= 15 is 0 Å². The van der Waals surface area contributed by atoms with Gasteiger partial charge in [-0.25, -0.2) is 4.98 Å². The van der Waals surface area contributed by atoms with Gasteiger partial charge in [0.05, 0.1) is 39.0 Å². The Morgan fingerprint density at radius 1 is 1.07 bits per heavy atom. The molecule has 0 aliphatic carbocycles. The average molecular weight is 397 g/mol. The van der Waals surface area contributed by atoms with Crippen LogP contribution < -0.4 is 9.47 Å². The van der Waals surface area contributed by atoms with Crippen molar-refractivity contribution < 1.29 is 27.9 Å². The summed E-state index contributed by atoms with van der Waals surface area (Å²) in [5.41, 5.74) is 1.23. The number of hydrogen-bond donors (Lipinski definition) is 0. The molecule has 1 aromatic carbocycles. The number of methoxy groups -OCH3 is 2. The van der Waals surface area contributed by atoms with Crippen LogP contribution in [0.3, 0.4) is 0 Å². The first kappa shape index (κ1) is 20.4. The predicted octanol–water partition coefficient (Wildman–Crippen LogP) is 3.96. The van der Waals surface area contributed by atoms with Crippen LogP contribution >= 0.6 is 0 Å². The molecule has 0 saturated carbocycles. The van der Waals surface area contributed by atoms with Gasteiger partial charge in [-0.3, -0.25) is 9.59 Å². The highest BCUT2D eigenvalue weighted by molar-refractivity contribution is 5.99. The van der Waals surface area contributed by atoms with Crippen molar-refractivity contribution in [2.75, 3.05) is 14.2 Å². The Bertz CT molecular complexity index is 987. The van der Waals surface area contributed by atoms with Gasteiger partial charge in [0, 0.05) is 18.4 Å². The number of Topliss-reactive ketones (excluding diaryl/α,β-unsaturated/α-hetero) is 2. The zero-order valence-corrected chi connectivity index (χ0v) is 16.7. The first-order valence-corrected chi connectivity index (χ1v) is 9.24. The third-order valence-electron chi connectivity index (χ3n) is 4.51. The Kier molecular flexibility index (Phi) is 6.49. The second-order valence-electron chi connectivity index (χ2n) is 6.60. The van der Waals surface area contributed by atoms with E-state index < -0.39 is 0 Å². The maximum absolute atomic E-state index is 12.3. The number of aromatic nitrogens is 1. The summed E-state index contributed by atoms with van der Waals surface area (Å²) in [6.45, 7) is 1.75.